The average Bonchev–Trinajstić information content (AvgIpc) is 2.71. The van der Waals surface area contributed by atoms with Crippen LogP contribution in [-0.4, -0.2) is 17.7 Å². The lowest BCUT2D eigenvalue weighted by Gasteiger charge is -2.57. The van der Waals surface area contributed by atoms with Crippen molar-refractivity contribution in [3.8, 4) is 5.75 Å². The number of carbonyl (C=O) groups excluding carboxylic acids is 1. The van der Waals surface area contributed by atoms with Crippen molar-refractivity contribution >= 4 is 22.8 Å². The Labute approximate surface area is 184 Å². The number of benzene rings is 2. The molecule has 3 nitrogen and oxygen atoms in total. The molecule has 0 amide bonds. The Balaban J connectivity index is 1.45. The van der Waals surface area contributed by atoms with E-state index in [-0.39, 0.29) is 11.4 Å². The standard InChI is InChI=1S/C28H32O3/c1-3-31-27(30)8-18(2)4-5-19-6-7-23-14-26(29)25(13-24(23)12-19)28-15-20-9-21(16-28)11-22(10-20)17-28/h4-8,12-14,20-22,29H,3,9-11,15-17H2,1-2H3. The van der Waals surface area contributed by atoms with Crippen LogP contribution >= 0.6 is 0 Å². The number of carbonyl (C=O) groups is 1. The van der Waals surface area contributed by atoms with E-state index in [0.717, 1.165) is 34.3 Å². The molecule has 1 N–H and O–H groups in total. The highest BCUT2D eigenvalue weighted by molar-refractivity contribution is 5.88. The van der Waals surface area contributed by atoms with Gasteiger partial charge in [-0.05, 0) is 116 Å². The van der Waals surface area contributed by atoms with Crippen molar-refractivity contribution in [2.75, 3.05) is 6.61 Å². The zero-order valence-corrected chi connectivity index (χ0v) is 18.6. The molecule has 162 valence electrons. The maximum Gasteiger partial charge on any atom is 0.330 e. The molecule has 0 heterocycles. The predicted octanol–water partition coefficient (Wildman–Crippen LogP) is 6.54. The van der Waals surface area contributed by atoms with Crippen LogP contribution in [0.25, 0.3) is 16.8 Å². The molecular formula is C28H32O3. The minimum absolute atomic E-state index is 0.178. The second kappa shape index (κ2) is 7.85. The molecule has 4 aliphatic rings. The number of esters is 1. The molecule has 0 atom stereocenters. The van der Waals surface area contributed by atoms with Gasteiger partial charge >= 0.3 is 5.97 Å². The molecule has 4 fully saturated rings. The lowest BCUT2D eigenvalue weighted by molar-refractivity contribution is -0.137. The van der Waals surface area contributed by atoms with Crippen LogP contribution in [0, 0.1) is 17.8 Å². The second-order valence-electron chi connectivity index (χ2n) is 10.1. The SMILES string of the molecule is CCOC(=O)C=C(C)C=Cc1ccc2cc(O)c(C34CC5CC(CC(C5)C3)C4)cc2c1. The van der Waals surface area contributed by atoms with Crippen LogP contribution in [0.3, 0.4) is 0 Å². The fraction of sp³-hybridized carbons (Fsp3) is 0.464. The monoisotopic (exact) mass is 416 g/mol. The van der Waals surface area contributed by atoms with Crippen LogP contribution in [-0.2, 0) is 14.9 Å². The first-order valence-corrected chi connectivity index (χ1v) is 11.7. The van der Waals surface area contributed by atoms with Crippen molar-refractivity contribution in [1.29, 1.82) is 0 Å². The van der Waals surface area contributed by atoms with Crippen LogP contribution < -0.4 is 0 Å². The molecule has 3 heteroatoms. The Morgan fingerprint density at radius 1 is 1.06 bits per heavy atom. The van der Waals surface area contributed by atoms with Gasteiger partial charge in [0.1, 0.15) is 5.75 Å². The third kappa shape index (κ3) is 3.91. The third-order valence-corrected chi connectivity index (χ3v) is 7.76. The number of ether oxygens (including phenoxy) is 1. The Morgan fingerprint density at radius 2 is 1.74 bits per heavy atom. The van der Waals surface area contributed by atoms with Gasteiger partial charge in [-0.3, -0.25) is 0 Å². The third-order valence-electron chi connectivity index (χ3n) is 7.76. The van der Waals surface area contributed by atoms with Gasteiger partial charge in [0.05, 0.1) is 6.61 Å². The van der Waals surface area contributed by atoms with Gasteiger partial charge in [-0.2, -0.15) is 0 Å². The smallest absolute Gasteiger partial charge is 0.330 e. The summed E-state index contributed by atoms with van der Waals surface area (Å²) in [5, 5.41) is 13.2. The topological polar surface area (TPSA) is 46.5 Å². The molecule has 0 spiro atoms. The molecule has 31 heavy (non-hydrogen) atoms. The fourth-order valence-corrected chi connectivity index (χ4v) is 6.92. The first kappa shape index (κ1) is 20.4. The summed E-state index contributed by atoms with van der Waals surface area (Å²) >= 11 is 0. The van der Waals surface area contributed by atoms with Crippen molar-refractivity contribution in [3.63, 3.8) is 0 Å². The summed E-state index contributed by atoms with van der Waals surface area (Å²) in [4.78, 5) is 11.6. The largest absolute Gasteiger partial charge is 0.508 e. The van der Waals surface area contributed by atoms with Gasteiger partial charge in [0.2, 0.25) is 0 Å². The molecule has 0 saturated heterocycles. The summed E-state index contributed by atoms with van der Waals surface area (Å²) in [5.41, 5.74) is 3.31. The fourth-order valence-electron chi connectivity index (χ4n) is 6.92. The quantitative estimate of drug-likeness (QED) is 0.342. The highest BCUT2D eigenvalue weighted by Crippen LogP contribution is 2.62. The lowest BCUT2D eigenvalue weighted by atomic mass is 9.48. The summed E-state index contributed by atoms with van der Waals surface area (Å²) in [6.07, 6.45) is 13.4. The van der Waals surface area contributed by atoms with Crippen LogP contribution in [0.5, 0.6) is 5.75 Å². The van der Waals surface area contributed by atoms with Crippen LogP contribution in [0.2, 0.25) is 0 Å². The van der Waals surface area contributed by atoms with E-state index in [2.05, 4.69) is 24.3 Å². The maximum atomic E-state index is 11.6. The molecular weight excluding hydrogens is 384 g/mol. The van der Waals surface area contributed by atoms with E-state index >= 15 is 0 Å². The second-order valence-corrected chi connectivity index (χ2v) is 10.1. The molecule has 2 aromatic carbocycles. The number of phenols is 1. The highest BCUT2D eigenvalue weighted by atomic mass is 16.5. The number of aromatic hydroxyl groups is 1. The van der Waals surface area contributed by atoms with Gasteiger partial charge in [0.25, 0.3) is 0 Å². The summed E-state index contributed by atoms with van der Waals surface area (Å²) in [5.74, 6) is 2.73. The van der Waals surface area contributed by atoms with Crippen molar-refractivity contribution in [3.05, 3.63) is 59.2 Å². The van der Waals surface area contributed by atoms with Crippen molar-refractivity contribution in [2.24, 2.45) is 17.8 Å². The van der Waals surface area contributed by atoms with E-state index < -0.39 is 0 Å². The Hall–Kier alpha value is -2.55. The van der Waals surface area contributed by atoms with E-state index in [1.807, 2.05) is 32.1 Å². The lowest BCUT2D eigenvalue weighted by Crippen LogP contribution is -2.48. The summed E-state index contributed by atoms with van der Waals surface area (Å²) in [6.45, 7) is 4.09. The molecule has 0 aromatic heterocycles. The normalized spacial score (nSPS) is 29.7. The summed E-state index contributed by atoms with van der Waals surface area (Å²) in [7, 11) is 0. The van der Waals surface area contributed by atoms with Crippen LogP contribution in [0.15, 0.2) is 48.1 Å². The maximum absolute atomic E-state index is 11.6. The van der Waals surface area contributed by atoms with Gasteiger partial charge in [-0.1, -0.05) is 24.3 Å². The first-order chi connectivity index (χ1) is 14.9. The van der Waals surface area contributed by atoms with Gasteiger partial charge in [-0.25, -0.2) is 4.79 Å². The predicted molar refractivity (Wildman–Crippen MR) is 125 cm³/mol. The first-order valence-electron chi connectivity index (χ1n) is 11.7. The van der Waals surface area contributed by atoms with Crippen molar-refractivity contribution < 1.29 is 14.6 Å². The van der Waals surface area contributed by atoms with Gasteiger partial charge in [0.15, 0.2) is 0 Å². The zero-order chi connectivity index (χ0) is 21.6. The van der Waals surface area contributed by atoms with Gasteiger partial charge in [0, 0.05) is 11.6 Å². The van der Waals surface area contributed by atoms with E-state index in [4.69, 9.17) is 4.74 Å². The highest BCUT2D eigenvalue weighted by Gasteiger charge is 2.52. The van der Waals surface area contributed by atoms with E-state index in [9.17, 15) is 9.90 Å². The molecule has 0 radical (unpaired) electrons. The molecule has 6 rings (SSSR count). The number of hydrogen-bond donors (Lipinski definition) is 1. The number of rotatable bonds is 5. The Morgan fingerprint density at radius 3 is 2.39 bits per heavy atom. The summed E-state index contributed by atoms with van der Waals surface area (Å²) < 4.78 is 4.97. The van der Waals surface area contributed by atoms with E-state index in [0.29, 0.717) is 12.4 Å². The number of fused-ring (bicyclic) bond motifs is 1. The van der Waals surface area contributed by atoms with Crippen molar-refractivity contribution in [2.45, 2.75) is 57.8 Å². The van der Waals surface area contributed by atoms with E-state index in [1.54, 1.807) is 0 Å². The number of hydrogen-bond acceptors (Lipinski definition) is 3. The van der Waals surface area contributed by atoms with Crippen LogP contribution in [0.1, 0.15) is 63.5 Å². The van der Waals surface area contributed by atoms with Gasteiger partial charge in [-0.15, -0.1) is 0 Å². The molecule has 4 bridgehead atoms. The molecule has 0 aliphatic heterocycles. The molecule has 2 aromatic rings. The molecule has 4 aliphatic carbocycles. The molecule has 0 unspecified atom stereocenters. The minimum atomic E-state index is -0.307. The van der Waals surface area contributed by atoms with Gasteiger partial charge < -0.3 is 9.84 Å². The number of allylic oxidation sites excluding steroid dienone is 2. The zero-order valence-electron chi connectivity index (χ0n) is 18.6. The Bertz CT molecular complexity index is 1040. The Kier molecular flexibility index (Phi) is 5.16. The van der Waals surface area contributed by atoms with Crippen molar-refractivity contribution in [1.82, 2.24) is 0 Å². The average molecular weight is 417 g/mol. The van der Waals surface area contributed by atoms with Crippen LogP contribution in [0.4, 0.5) is 0 Å². The van der Waals surface area contributed by atoms with E-state index in [1.165, 1.54) is 55.6 Å². The minimum Gasteiger partial charge on any atom is -0.508 e. The number of phenolic OH excluding ortho intramolecular Hbond substituents is 1. The molecule has 4 saturated carbocycles. The summed E-state index contributed by atoms with van der Waals surface area (Å²) in [6, 6.07) is 10.5.